The van der Waals surface area contributed by atoms with Crippen molar-refractivity contribution in [1.29, 1.82) is 0 Å². The van der Waals surface area contributed by atoms with Crippen LogP contribution in [0.5, 0.6) is 0 Å². The van der Waals surface area contributed by atoms with Gasteiger partial charge < -0.3 is 10.2 Å². The Bertz CT molecular complexity index is 247. The van der Waals surface area contributed by atoms with Crippen molar-refractivity contribution in [2.75, 3.05) is 0 Å². The predicted octanol–water partition coefficient (Wildman–Crippen LogP) is 1.86. The van der Waals surface area contributed by atoms with Gasteiger partial charge in [-0.1, -0.05) is 12.5 Å². The molecule has 0 aromatic carbocycles. The topological polar surface area (TPSA) is 40.5 Å². The standard InChI is InChI=1S/C11H20O2/c1-7-8(2)11(5,6-9(7)12)10(3,4)13/h9,12-13H,6H2,1-5H3. The molecule has 0 aromatic rings. The van der Waals surface area contributed by atoms with E-state index >= 15 is 0 Å². The highest BCUT2D eigenvalue weighted by Crippen LogP contribution is 2.49. The molecule has 2 N–H and O–H groups in total. The van der Waals surface area contributed by atoms with Crippen LogP contribution < -0.4 is 0 Å². The first-order chi connectivity index (χ1) is 5.70. The first-order valence-corrected chi connectivity index (χ1v) is 4.78. The van der Waals surface area contributed by atoms with Gasteiger partial charge in [-0.25, -0.2) is 0 Å². The lowest BCUT2D eigenvalue weighted by Crippen LogP contribution is -2.41. The zero-order chi connectivity index (χ0) is 10.4. The number of rotatable bonds is 1. The van der Waals surface area contributed by atoms with Crippen molar-refractivity contribution in [3.63, 3.8) is 0 Å². The first-order valence-electron chi connectivity index (χ1n) is 4.78. The summed E-state index contributed by atoms with van der Waals surface area (Å²) in [6, 6.07) is 0. The lowest BCUT2D eigenvalue weighted by molar-refractivity contribution is -0.0338. The van der Waals surface area contributed by atoms with Crippen molar-refractivity contribution >= 4 is 0 Å². The van der Waals surface area contributed by atoms with Gasteiger partial charge in [-0.2, -0.15) is 0 Å². The van der Waals surface area contributed by atoms with Crippen LogP contribution in [0.15, 0.2) is 11.1 Å². The van der Waals surface area contributed by atoms with Crippen molar-refractivity contribution < 1.29 is 10.2 Å². The summed E-state index contributed by atoms with van der Waals surface area (Å²) in [5, 5.41) is 19.7. The van der Waals surface area contributed by atoms with Crippen LogP contribution in [0.25, 0.3) is 0 Å². The van der Waals surface area contributed by atoms with Gasteiger partial charge in [0, 0.05) is 5.41 Å². The van der Waals surface area contributed by atoms with Gasteiger partial charge in [0.2, 0.25) is 0 Å². The summed E-state index contributed by atoms with van der Waals surface area (Å²) in [6.07, 6.45) is 0.255. The molecular formula is C11H20O2. The second kappa shape index (κ2) is 2.82. The third-order valence-corrected chi connectivity index (χ3v) is 3.87. The molecule has 2 atom stereocenters. The molecule has 2 heteroatoms. The maximum Gasteiger partial charge on any atom is 0.0759 e. The summed E-state index contributed by atoms with van der Waals surface area (Å²) in [7, 11) is 0. The number of hydrogen-bond donors (Lipinski definition) is 2. The summed E-state index contributed by atoms with van der Waals surface area (Å²) in [6.45, 7) is 9.58. The van der Waals surface area contributed by atoms with Crippen LogP contribution in [-0.2, 0) is 0 Å². The van der Waals surface area contributed by atoms with E-state index in [1.807, 2.05) is 34.6 Å². The van der Waals surface area contributed by atoms with Crippen LogP contribution in [-0.4, -0.2) is 21.9 Å². The minimum atomic E-state index is -0.768. The number of aliphatic hydroxyl groups excluding tert-OH is 1. The zero-order valence-electron chi connectivity index (χ0n) is 9.18. The van der Waals surface area contributed by atoms with E-state index in [0.717, 1.165) is 11.1 Å². The summed E-state index contributed by atoms with van der Waals surface area (Å²) < 4.78 is 0. The molecule has 0 aliphatic heterocycles. The third kappa shape index (κ3) is 1.42. The molecular weight excluding hydrogens is 164 g/mol. The second-order valence-corrected chi connectivity index (χ2v) is 4.92. The van der Waals surface area contributed by atoms with Crippen LogP contribution in [0, 0.1) is 5.41 Å². The average molecular weight is 184 g/mol. The Labute approximate surface area is 80.3 Å². The normalized spacial score (nSPS) is 35.8. The van der Waals surface area contributed by atoms with E-state index in [-0.39, 0.29) is 11.5 Å². The molecule has 0 spiro atoms. The van der Waals surface area contributed by atoms with Gasteiger partial charge >= 0.3 is 0 Å². The van der Waals surface area contributed by atoms with Crippen molar-refractivity contribution in [2.24, 2.45) is 5.41 Å². The minimum Gasteiger partial charge on any atom is -0.390 e. The van der Waals surface area contributed by atoms with Crippen molar-refractivity contribution in [2.45, 2.75) is 52.7 Å². The lowest BCUT2D eigenvalue weighted by atomic mass is 9.71. The second-order valence-electron chi connectivity index (χ2n) is 4.92. The maximum atomic E-state index is 10.0. The molecule has 13 heavy (non-hydrogen) atoms. The largest absolute Gasteiger partial charge is 0.390 e. The molecule has 0 fully saturated rings. The molecule has 1 aliphatic carbocycles. The number of aliphatic hydroxyl groups is 2. The van der Waals surface area contributed by atoms with E-state index in [9.17, 15) is 10.2 Å². The zero-order valence-corrected chi connectivity index (χ0v) is 9.18. The fourth-order valence-corrected chi connectivity index (χ4v) is 2.09. The molecule has 1 rings (SSSR count). The highest BCUT2D eigenvalue weighted by atomic mass is 16.3. The Kier molecular flexibility index (Phi) is 2.33. The van der Waals surface area contributed by atoms with Gasteiger partial charge in [-0.15, -0.1) is 0 Å². The van der Waals surface area contributed by atoms with E-state index in [1.165, 1.54) is 0 Å². The summed E-state index contributed by atoms with van der Waals surface area (Å²) in [4.78, 5) is 0. The Hall–Kier alpha value is -0.340. The van der Waals surface area contributed by atoms with Crippen molar-refractivity contribution in [3.8, 4) is 0 Å². The smallest absolute Gasteiger partial charge is 0.0759 e. The molecule has 1 aliphatic rings. The molecule has 2 unspecified atom stereocenters. The van der Waals surface area contributed by atoms with Gasteiger partial charge in [0.05, 0.1) is 11.7 Å². The Morgan fingerprint density at radius 1 is 1.38 bits per heavy atom. The van der Waals surface area contributed by atoms with Crippen molar-refractivity contribution in [3.05, 3.63) is 11.1 Å². The van der Waals surface area contributed by atoms with E-state index in [4.69, 9.17) is 0 Å². The SMILES string of the molecule is CC1=C(C)C(C)(C(C)(C)O)CC1O. The summed E-state index contributed by atoms with van der Waals surface area (Å²) in [5.74, 6) is 0. The van der Waals surface area contributed by atoms with Gasteiger partial charge in [-0.3, -0.25) is 0 Å². The van der Waals surface area contributed by atoms with Gasteiger partial charge in [0.1, 0.15) is 0 Å². The molecule has 2 nitrogen and oxygen atoms in total. The van der Waals surface area contributed by atoms with E-state index in [0.29, 0.717) is 6.42 Å². The molecule has 0 heterocycles. The Morgan fingerprint density at radius 3 is 2.00 bits per heavy atom. The van der Waals surface area contributed by atoms with Crippen LogP contribution in [0.3, 0.4) is 0 Å². The molecule has 0 amide bonds. The molecule has 0 aromatic heterocycles. The molecule has 0 saturated heterocycles. The van der Waals surface area contributed by atoms with Gasteiger partial charge in [0.15, 0.2) is 0 Å². The van der Waals surface area contributed by atoms with Gasteiger partial charge in [0.25, 0.3) is 0 Å². The van der Waals surface area contributed by atoms with E-state index < -0.39 is 5.60 Å². The fourth-order valence-electron chi connectivity index (χ4n) is 2.09. The monoisotopic (exact) mass is 184 g/mol. The number of hydrogen-bond acceptors (Lipinski definition) is 2. The predicted molar refractivity (Wildman–Crippen MR) is 53.4 cm³/mol. The quantitative estimate of drug-likeness (QED) is 0.611. The van der Waals surface area contributed by atoms with Crippen LogP contribution in [0.2, 0.25) is 0 Å². The molecule has 76 valence electrons. The van der Waals surface area contributed by atoms with E-state index in [2.05, 4.69) is 0 Å². The van der Waals surface area contributed by atoms with Crippen LogP contribution >= 0.6 is 0 Å². The minimum absolute atomic E-state index is 0.281. The van der Waals surface area contributed by atoms with Gasteiger partial charge in [-0.05, 0) is 39.7 Å². The van der Waals surface area contributed by atoms with Crippen molar-refractivity contribution in [1.82, 2.24) is 0 Å². The van der Waals surface area contributed by atoms with Crippen LogP contribution in [0.1, 0.15) is 41.0 Å². The van der Waals surface area contributed by atoms with Crippen LogP contribution in [0.4, 0.5) is 0 Å². The summed E-state index contributed by atoms with van der Waals surface area (Å²) >= 11 is 0. The Morgan fingerprint density at radius 2 is 1.85 bits per heavy atom. The fraction of sp³-hybridized carbons (Fsp3) is 0.818. The lowest BCUT2D eigenvalue weighted by Gasteiger charge is -2.39. The molecule has 0 radical (unpaired) electrons. The Balaban J connectivity index is 3.11. The highest BCUT2D eigenvalue weighted by Gasteiger charge is 2.47. The molecule has 0 bridgehead atoms. The third-order valence-electron chi connectivity index (χ3n) is 3.87. The average Bonchev–Trinajstić information content (AvgIpc) is 2.15. The molecule has 0 saturated carbocycles. The first kappa shape index (κ1) is 10.7. The highest BCUT2D eigenvalue weighted by molar-refractivity contribution is 5.31. The summed E-state index contributed by atoms with van der Waals surface area (Å²) in [5.41, 5.74) is 1.10. The maximum absolute atomic E-state index is 10.0. The van der Waals surface area contributed by atoms with E-state index in [1.54, 1.807) is 0 Å².